The average Bonchev–Trinajstić information content (AvgIpc) is 2.56. The van der Waals surface area contributed by atoms with Crippen molar-refractivity contribution >= 4 is 11.9 Å². The Balaban J connectivity index is 1.37. The van der Waals surface area contributed by atoms with Crippen molar-refractivity contribution in [2.75, 3.05) is 33.2 Å². The van der Waals surface area contributed by atoms with Gasteiger partial charge >= 0.3 is 5.97 Å². The standard InChI is InChI=1S/C19H26N2O4/c1-20-10-2-3-14(11-20)4-9-18(22)21-12-17(13-21)25-16-7-5-15(6-8-16)19(23)24/h5-8,14,17H,2-4,9-13H2,1H3,(H,23,24). The first-order chi connectivity index (χ1) is 12.0. The molecular formula is C19H26N2O4. The molecule has 2 aliphatic rings. The maximum Gasteiger partial charge on any atom is 0.335 e. The van der Waals surface area contributed by atoms with Gasteiger partial charge in [0, 0.05) is 13.0 Å². The summed E-state index contributed by atoms with van der Waals surface area (Å²) in [5, 5.41) is 8.88. The molecule has 0 aliphatic carbocycles. The van der Waals surface area contributed by atoms with Crippen LogP contribution in [0.25, 0.3) is 0 Å². The highest BCUT2D eigenvalue weighted by Crippen LogP contribution is 2.23. The molecule has 0 aromatic heterocycles. The smallest absolute Gasteiger partial charge is 0.335 e. The van der Waals surface area contributed by atoms with Crippen molar-refractivity contribution in [2.45, 2.75) is 31.8 Å². The number of piperidine rings is 1. The van der Waals surface area contributed by atoms with Crippen LogP contribution in [0.4, 0.5) is 0 Å². The Labute approximate surface area is 148 Å². The quantitative estimate of drug-likeness (QED) is 0.854. The summed E-state index contributed by atoms with van der Waals surface area (Å²) in [6.07, 6.45) is 4.06. The summed E-state index contributed by atoms with van der Waals surface area (Å²) in [6.45, 7) is 3.50. The molecule has 136 valence electrons. The first kappa shape index (κ1) is 17.7. The van der Waals surface area contributed by atoms with Gasteiger partial charge in [-0.2, -0.15) is 0 Å². The van der Waals surface area contributed by atoms with E-state index in [-0.39, 0.29) is 17.6 Å². The number of benzene rings is 1. The zero-order valence-electron chi connectivity index (χ0n) is 14.7. The van der Waals surface area contributed by atoms with Gasteiger partial charge in [0.25, 0.3) is 0 Å². The fraction of sp³-hybridized carbons (Fsp3) is 0.579. The zero-order chi connectivity index (χ0) is 17.8. The fourth-order valence-electron chi connectivity index (χ4n) is 3.58. The van der Waals surface area contributed by atoms with E-state index in [4.69, 9.17) is 9.84 Å². The topological polar surface area (TPSA) is 70.1 Å². The number of aromatic carboxylic acids is 1. The predicted octanol–water partition coefficient (Wildman–Crippen LogP) is 2.10. The molecule has 1 aromatic rings. The zero-order valence-corrected chi connectivity index (χ0v) is 14.7. The van der Waals surface area contributed by atoms with Crippen molar-refractivity contribution in [3.8, 4) is 5.75 Å². The number of rotatable bonds is 6. The number of carboxylic acids is 1. The van der Waals surface area contributed by atoms with Gasteiger partial charge in [0.05, 0.1) is 18.7 Å². The highest BCUT2D eigenvalue weighted by Gasteiger charge is 2.32. The molecule has 2 saturated heterocycles. The monoisotopic (exact) mass is 346 g/mol. The fourth-order valence-corrected chi connectivity index (χ4v) is 3.58. The maximum absolute atomic E-state index is 12.3. The lowest BCUT2D eigenvalue weighted by Gasteiger charge is -2.39. The number of ether oxygens (including phenoxy) is 1. The van der Waals surface area contributed by atoms with E-state index in [0.717, 1.165) is 13.0 Å². The Morgan fingerprint density at radius 1 is 1.20 bits per heavy atom. The SMILES string of the molecule is CN1CCCC(CCC(=O)N2CC(Oc3ccc(C(=O)O)cc3)C2)C1. The van der Waals surface area contributed by atoms with E-state index in [2.05, 4.69) is 11.9 Å². The molecule has 2 heterocycles. The Bertz CT molecular complexity index is 610. The van der Waals surface area contributed by atoms with Gasteiger partial charge in [0.1, 0.15) is 11.9 Å². The molecule has 1 unspecified atom stereocenters. The van der Waals surface area contributed by atoms with Crippen LogP contribution in [0.3, 0.4) is 0 Å². The maximum atomic E-state index is 12.3. The van der Waals surface area contributed by atoms with E-state index in [9.17, 15) is 9.59 Å². The Hall–Kier alpha value is -2.08. The summed E-state index contributed by atoms with van der Waals surface area (Å²) in [5.74, 6) is 0.557. The Kier molecular flexibility index (Phi) is 5.58. The van der Waals surface area contributed by atoms with Gasteiger partial charge in [0.2, 0.25) is 5.91 Å². The van der Waals surface area contributed by atoms with Gasteiger partial charge in [-0.1, -0.05) is 0 Å². The molecule has 2 fully saturated rings. The first-order valence-corrected chi connectivity index (χ1v) is 8.97. The van der Waals surface area contributed by atoms with Crippen LogP contribution < -0.4 is 4.74 Å². The Morgan fingerprint density at radius 3 is 2.56 bits per heavy atom. The summed E-state index contributed by atoms with van der Waals surface area (Å²) in [5.41, 5.74) is 0.242. The first-order valence-electron chi connectivity index (χ1n) is 8.97. The average molecular weight is 346 g/mol. The van der Waals surface area contributed by atoms with Gasteiger partial charge in [-0.25, -0.2) is 4.79 Å². The molecule has 1 N–H and O–H groups in total. The van der Waals surface area contributed by atoms with Crippen LogP contribution >= 0.6 is 0 Å². The molecule has 0 radical (unpaired) electrons. The molecular weight excluding hydrogens is 320 g/mol. The second-order valence-electron chi connectivity index (χ2n) is 7.18. The summed E-state index contributed by atoms with van der Waals surface area (Å²) in [6, 6.07) is 6.38. The van der Waals surface area contributed by atoms with Crippen molar-refractivity contribution in [3.05, 3.63) is 29.8 Å². The lowest BCUT2D eigenvalue weighted by atomic mass is 9.93. The third-order valence-corrected chi connectivity index (χ3v) is 5.09. The molecule has 2 aliphatic heterocycles. The van der Waals surface area contributed by atoms with Crippen LogP contribution in [0.1, 0.15) is 36.0 Å². The third-order valence-electron chi connectivity index (χ3n) is 5.09. The third kappa shape index (κ3) is 4.72. The normalized spacial score (nSPS) is 21.6. The number of nitrogens with zero attached hydrogens (tertiary/aromatic N) is 2. The molecule has 0 spiro atoms. The second-order valence-corrected chi connectivity index (χ2v) is 7.18. The number of carboxylic acid groups (broad SMARTS) is 1. The second kappa shape index (κ2) is 7.87. The van der Waals surface area contributed by atoms with Crippen molar-refractivity contribution in [3.63, 3.8) is 0 Å². The van der Waals surface area contributed by atoms with E-state index in [1.54, 1.807) is 12.1 Å². The van der Waals surface area contributed by atoms with Crippen molar-refractivity contribution in [2.24, 2.45) is 5.92 Å². The van der Waals surface area contributed by atoms with Gasteiger partial charge in [-0.3, -0.25) is 4.79 Å². The molecule has 6 nitrogen and oxygen atoms in total. The van der Waals surface area contributed by atoms with E-state index in [1.807, 2.05) is 4.90 Å². The van der Waals surface area contributed by atoms with Crippen LogP contribution in [0.15, 0.2) is 24.3 Å². The molecule has 1 aromatic carbocycles. The van der Waals surface area contributed by atoms with E-state index >= 15 is 0 Å². The van der Waals surface area contributed by atoms with E-state index in [1.165, 1.54) is 31.5 Å². The molecule has 0 bridgehead atoms. The minimum atomic E-state index is -0.948. The molecule has 1 atom stereocenters. The minimum absolute atomic E-state index is 0.000409. The van der Waals surface area contributed by atoms with Crippen LogP contribution in [0, 0.1) is 5.92 Å². The predicted molar refractivity (Wildman–Crippen MR) is 93.9 cm³/mol. The van der Waals surface area contributed by atoms with Gasteiger partial charge in [0.15, 0.2) is 0 Å². The number of amides is 1. The van der Waals surface area contributed by atoms with Crippen LogP contribution in [0.5, 0.6) is 5.75 Å². The number of carbonyl (C=O) groups excluding carboxylic acids is 1. The summed E-state index contributed by atoms with van der Waals surface area (Å²) in [4.78, 5) is 27.3. The van der Waals surface area contributed by atoms with E-state index in [0.29, 0.717) is 31.2 Å². The molecule has 6 heteroatoms. The van der Waals surface area contributed by atoms with Gasteiger partial charge in [-0.15, -0.1) is 0 Å². The minimum Gasteiger partial charge on any atom is -0.487 e. The van der Waals surface area contributed by atoms with Crippen molar-refractivity contribution in [1.82, 2.24) is 9.80 Å². The van der Waals surface area contributed by atoms with Crippen molar-refractivity contribution in [1.29, 1.82) is 0 Å². The summed E-state index contributed by atoms with van der Waals surface area (Å²) >= 11 is 0. The van der Waals surface area contributed by atoms with Crippen LogP contribution in [0.2, 0.25) is 0 Å². The largest absolute Gasteiger partial charge is 0.487 e. The molecule has 0 saturated carbocycles. The number of hydrogen-bond acceptors (Lipinski definition) is 4. The van der Waals surface area contributed by atoms with Crippen LogP contribution in [-0.4, -0.2) is 66.1 Å². The summed E-state index contributed by atoms with van der Waals surface area (Å²) < 4.78 is 5.78. The summed E-state index contributed by atoms with van der Waals surface area (Å²) in [7, 11) is 2.15. The van der Waals surface area contributed by atoms with Crippen LogP contribution in [-0.2, 0) is 4.79 Å². The highest BCUT2D eigenvalue weighted by molar-refractivity contribution is 5.87. The molecule has 25 heavy (non-hydrogen) atoms. The molecule has 3 rings (SSSR count). The highest BCUT2D eigenvalue weighted by atomic mass is 16.5. The Morgan fingerprint density at radius 2 is 1.92 bits per heavy atom. The molecule has 1 amide bonds. The number of likely N-dealkylation sites (tertiary alicyclic amines) is 2. The lowest BCUT2D eigenvalue weighted by molar-refractivity contribution is -0.140. The van der Waals surface area contributed by atoms with Gasteiger partial charge < -0.3 is 19.6 Å². The van der Waals surface area contributed by atoms with Crippen molar-refractivity contribution < 1.29 is 19.4 Å². The number of carbonyl (C=O) groups is 2. The van der Waals surface area contributed by atoms with Gasteiger partial charge in [-0.05, 0) is 63.0 Å². The van der Waals surface area contributed by atoms with E-state index < -0.39 is 5.97 Å². The lowest BCUT2D eigenvalue weighted by Crippen LogP contribution is -2.56. The number of hydrogen-bond donors (Lipinski definition) is 1.